The predicted molar refractivity (Wildman–Crippen MR) is 81.6 cm³/mol. The molecule has 0 radical (unpaired) electrons. The van der Waals surface area contributed by atoms with Crippen LogP contribution in [0.15, 0.2) is 12.1 Å². The molecular weight excluding hydrogens is 304 g/mol. The average molecular weight is 325 g/mol. The van der Waals surface area contributed by atoms with Gasteiger partial charge < -0.3 is 16.0 Å². The van der Waals surface area contributed by atoms with Gasteiger partial charge in [0.05, 0.1) is 5.56 Å². The molecule has 5 nitrogen and oxygen atoms in total. The van der Waals surface area contributed by atoms with Gasteiger partial charge in [-0.05, 0) is 32.0 Å². The van der Waals surface area contributed by atoms with E-state index in [-0.39, 0.29) is 18.0 Å². The summed E-state index contributed by atoms with van der Waals surface area (Å²) in [4.78, 5) is 25.0. The van der Waals surface area contributed by atoms with Crippen LogP contribution in [-0.4, -0.2) is 36.3 Å². The zero-order valence-electron chi connectivity index (χ0n) is 12.9. The van der Waals surface area contributed by atoms with E-state index in [1.54, 1.807) is 0 Å². The fraction of sp³-hybridized carbons (Fsp3) is 0.500. The fourth-order valence-corrected chi connectivity index (χ4v) is 2.64. The highest BCUT2D eigenvalue weighted by atomic mass is 19.2. The molecule has 0 aromatic heterocycles. The summed E-state index contributed by atoms with van der Waals surface area (Å²) < 4.78 is 27.4. The molecule has 2 amide bonds. The van der Waals surface area contributed by atoms with Gasteiger partial charge in [-0.2, -0.15) is 0 Å². The number of nitrogens with zero attached hydrogens (tertiary/aromatic N) is 1. The molecule has 1 heterocycles. The Balaban J connectivity index is 1.84. The minimum atomic E-state index is -1.28. The van der Waals surface area contributed by atoms with Crippen molar-refractivity contribution in [2.45, 2.75) is 32.2 Å². The van der Waals surface area contributed by atoms with Crippen molar-refractivity contribution in [2.24, 2.45) is 5.73 Å². The third-order valence-electron chi connectivity index (χ3n) is 4.01. The molecule has 1 aromatic rings. The molecule has 1 fully saturated rings. The van der Waals surface area contributed by atoms with Crippen LogP contribution in [0.4, 0.5) is 8.78 Å². The van der Waals surface area contributed by atoms with Crippen molar-refractivity contribution < 1.29 is 18.4 Å². The molecule has 7 heteroatoms. The summed E-state index contributed by atoms with van der Waals surface area (Å²) in [5.41, 5.74) is 4.43. The largest absolute Gasteiger partial charge is 0.366 e. The number of primary amides is 1. The maximum Gasteiger partial charge on any atom is 0.251 e. The van der Waals surface area contributed by atoms with E-state index in [1.165, 1.54) is 12.5 Å². The van der Waals surface area contributed by atoms with E-state index in [0.29, 0.717) is 13.0 Å². The van der Waals surface area contributed by atoms with Gasteiger partial charge in [-0.15, -0.1) is 0 Å². The first-order valence-corrected chi connectivity index (χ1v) is 7.74. The predicted octanol–water partition coefficient (Wildman–Crippen LogP) is 1.56. The summed E-state index contributed by atoms with van der Waals surface area (Å²) in [6.45, 7) is 2.55. The SMILES string of the molecule is NC(=O)c1ccc(CNC(=O)CCN2CCCCC2)c(F)c1F. The summed E-state index contributed by atoms with van der Waals surface area (Å²) in [7, 11) is 0. The minimum Gasteiger partial charge on any atom is -0.366 e. The smallest absolute Gasteiger partial charge is 0.251 e. The second-order valence-electron chi connectivity index (χ2n) is 5.69. The lowest BCUT2D eigenvalue weighted by atomic mass is 10.1. The second kappa shape index (κ2) is 8.01. The van der Waals surface area contributed by atoms with Gasteiger partial charge in [-0.25, -0.2) is 8.78 Å². The van der Waals surface area contributed by atoms with Gasteiger partial charge in [0.25, 0.3) is 5.91 Å². The van der Waals surface area contributed by atoms with Gasteiger partial charge in [0.2, 0.25) is 5.91 Å². The van der Waals surface area contributed by atoms with E-state index in [2.05, 4.69) is 10.2 Å². The van der Waals surface area contributed by atoms with Crippen LogP contribution in [0.1, 0.15) is 41.6 Å². The molecule has 2 rings (SSSR count). The molecule has 126 valence electrons. The van der Waals surface area contributed by atoms with E-state index in [4.69, 9.17) is 5.73 Å². The summed E-state index contributed by atoms with van der Waals surface area (Å²) in [6.07, 6.45) is 3.86. The lowest BCUT2D eigenvalue weighted by Crippen LogP contribution is -2.34. The number of carbonyl (C=O) groups is 2. The number of piperidine rings is 1. The lowest BCUT2D eigenvalue weighted by Gasteiger charge is -2.25. The molecule has 0 spiro atoms. The summed E-state index contributed by atoms with van der Waals surface area (Å²) in [5, 5.41) is 2.57. The molecule has 1 saturated heterocycles. The Hall–Kier alpha value is -2.02. The van der Waals surface area contributed by atoms with Crippen LogP contribution in [0.3, 0.4) is 0 Å². The first-order chi connectivity index (χ1) is 11.0. The van der Waals surface area contributed by atoms with Crippen molar-refractivity contribution in [3.05, 3.63) is 34.9 Å². The van der Waals surface area contributed by atoms with Crippen LogP contribution >= 0.6 is 0 Å². The maximum atomic E-state index is 13.8. The molecule has 0 atom stereocenters. The average Bonchev–Trinajstić information content (AvgIpc) is 2.55. The van der Waals surface area contributed by atoms with Crippen LogP contribution in [0, 0.1) is 11.6 Å². The van der Waals surface area contributed by atoms with Gasteiger partial charge in [-0.3, -0.25) is 9.59 Å². The van der Waals surface area contributed by atoms with Crippen molar-refractivity contribution >= 4 is 11.8 Å². The third-order valence-corrected chi connectivity index (χ3v) is 4.01. The molecule has 1 aliphatic rings. The van der Waals surface area contributed by atoms with Gasteiger partial charge in [0.15, 0.2) is 11.6 Å². The highest BCUT2D eigenvalue weighted by Crippen LogP contribution is 2.16. The van der Waals surface area contributed by atoms with Crippen LogP contribution in [0.2, 0.25) is 0 Å². The molecule has 0 bridgehead atoms. The first-order valence-electron chi connectivity index (χ1n) is 7.74. The summed E-state index contributed by atoms with van der Waals surface area (Å²) >= 11 is 0. The Kier molecular flexibility index (Phi) is 6.04. The zero-order chi connectivity index (χ0) is 16.8. The monoisotopic (exact) mass is 325 g/mol. The standard InChI is InChI=1S/C16H21F2N3O2/c17-14-11(4-5-12(15(14)18)16(19)23)10-20-13(22)6-9-21-7-2-1-3-8-21/h4-5H,1-3,6-10H2,(H2,19,23)(H,20,22). The molecule has 1 aromatic carbocycles. The van der Waals surface area contributed by atoms with Gasteiger partial charge in [0, 0.05) is 25.1 Å². The number of nitrogens with two attached hydrogens (primary N) is 1. The maximum absolute atomic E-state index is 13.8. The topological polar surface area (TPSA) is 75.4 Å². The van der Waals surface area contributed by atoms with Crippen LogP contribution < -0.4 is 11.1 Å². The van der Waals surface area contributed by atoms with Crippen molar-refractivity contribution in [1.29, 1.82) is 0 Å². The molecule has 3 N–H and O–H groups in total. The second-order valence-corrected chi connectivity index (χ2v) is 5.69. The van der Waals surface area contributed by atoms with Crippen LogP contribution in [0.5, 0.6) is 0 Å². The quantitative estimate of drug-likeness (QED) is 0.833. The summed E-state index contributed by atoms with van der Waals surface area (Å²) in [5.74, 6) is -3.68. The van der Waals surface area contributed by atoms with Crippen LogP contribution in [0.25, 0.3) is 0 Å². The minimum absolute atomic E-state index is 0.0150. The third kappa shape index (κ3) is 4.72. The van der Waals surface area contributed by atoms with Crippen LogP contribution in [-0.2, 0) is 11.3 Å². The molecule has 23 heavy (non-hydrogen) atoms. The number of likely N-dealkylation sites (tertiary alicyclic amines) is 1. The highest BCUT2D eigenvalue weighted by molar-refractivity contribution is 5.93. The Labute approximate surface area is 133 Å². The van der Waals surface area contributed by atoms with E-state index in [9.17, 15) is 18.4 Å². The fourth-order valence-electron chi connectivity index (χ4n) is 2.64. The lowest BCUT2D eigenvalue weighted by molar-refractivity contribution is -0.121. The van der Waals surface area contributed by atoms with Gasteiger partial charge in [-0.1, -0.05) is 12.5 Å². The van der Waals surface area contributed by atoms with E-state index in [1.807, 2.05) is 0 Å². The number of nitrogens with one attached hydrogen (secondary N) is 1. The van der Waals surface area contributed by atoms with E-state index in [0.717, 1.165) is 32.0 Å². The van der Waals surface area contributed by atoms with E-state index >= 15 is 0 Å². The first kappa shape index (κ1) is 17.3. The number of amides is 2. The Morgan fingerprint density at radius 3 is 2.48 bits per heavy atom. The van der Waals surface area contributed by atoms with Crippen molar-refractivity contribution in [1.82, 2.24) is 10.2 Å². The van der Waals surface area contributed by atoms with Gasteiger partial charge in [0.1, 0.15) is 0 Å². The van der Waals surface area contributed by atoms with Crippen molar-refractivity contribution in [3.63, 3.8) is 0 Å². The Morgan fingerprint density at radius 1 is 1.13 bits per heavy atom. The van der Waals surface area contributed by atoms with Gasteiger partial charge >= 0.3 is 0 Å². The number of halogens is 2. The zero-order valence-corrected chi connectivity index (χ0v) is 12.9. The number of benzene rings is 1. The number of rotatable bonds is 6. The van der Waals surface area contributed by atoms with Crippen molar-refractivity contribution in [3.8, 4) is 0 Å². The molecule has 0 saturated carbocycles. The molecule has 0 unspecified atom stereocenters. The Bertz CT molecular complexity index is 587. The normalized spacial score (nSPS) is 15.4. The number of hydrogen-bond acceptors (Lipinski definition) is 3. The van der Waals surface area contributed by atoms with E-state index < -0.39 is 23.1 Å². The number of hydrogen-bond donors (Lipinski definition) is 2. The molecule has 1 aliphatic heterocycles. The molecule has 0 aliphatic carbocycles. The Morgan fingerprint density at radius 2 is 1.83 bits per heavy atom. The number of carbonyl (C=O) groups excluding carboxylic acids is 2. The van der Waals surface area contributed by atoms with Crippen molar-refractivity contribution in [2.75, 3.05) is 19.6 Å². The molecular formula is C16H21F2N3O2. The highest BCUT2D eigenvalue weighted by Gasteiger charge is 2.17. The summed E-state index contributed by atoms with van der Waals surface area (Å²) in [6, 6.07) is 2.37.